The fourth-order valence-electron chi connectivity index (χ4n) is 6.52. The maximum atomic E-state index is 5.10. The van der Waals surface area contributed by atoms with Gasteiger partial charge in [0.25, 0.3) is 0 Å². The molecule has 0 amide bonds. The Morgan fingerprint density at radius 2 is 0.778 bits per heavy atom. The predicted octanol–water partition coefficient (Wildman–Crippen LogP) is 10.5. The molecular weight excluding hydrogens is 546 g/mol. The van der Waals surface area contributed by atoms with Crippen molar-refractivity contribution in [2.75, 3.05) is 0 Å². The molecule has 0 unspecified atom stereocenters. The van der Waals surface area contributed by atoms with Crippen molar-refractivity contribution >= 4 is 0 Å². The van der Waals surface area contributed by atoms with Crippen LogP contribution in [0.4, 0.5) is 0 Å². The van der Waals surface area contributed by atoms with Crippen LogP contribution in [0.25, 0.3) is 67.5 Å². The molecule has 0 bridgehead atoms. The molecule has 3 heteroatoms. The molecule has 0 fully saturated rings. The molecule has 0 atom stereocenters. The van der Waals surface area contributed by atoms with E-state index in [0.29, 0.717) is 17.5 Å². The molecular formula is C42H31N3. The largest absolute Gasteiger partial charge is 0.208 e. The van der Waals surface area contributed by atoms with Crippen LogP contribution in [0.5, 0.6) is 0 Å². The molecule has 45 heavy (non-hydrogen) atoms. The third kappa shape index (κ3) is 4.83. The molecule has 6 aromatic carbocycles. The Labute approximate surface area is 264 Å². The van der Waals surface area contributed by atoms with Crippen LogP contribution >= 0.6 is 0 Å². The highest BCUT2D eigenvalue weighted by Crippen LogP contribution is 2.49. The van der Waals surface area contributed by atoms with Crippen molar-refractivity contribution in [1.29, 1.82) is 0 Å². The van der Waals surface area contributed by atoms with Crippen LogP contribution < -0.4 is 0 Å². The third-order valence-electron chi connectivity index (χ3n) is 8.96. The Kier molecular flexibility index (Phi) is 6.46. The molecule has 214 valence electrons. The second-order valence-corrected chi connectivity index (χ2v) is 12.1. The number of benzene rings is 6. The van der Waals surface area contributed by atoms with Crippen molar-refractivity contribution in [1.82, 2.24) is 15.0 Å². The monoisotopic (exact) mass is 577 g/mol. The van der Waals surface area contributed by atoms with Crippen molar-refractivity contribution < 1.29 is 0 Å². The molecule has 0 saturated carbocycles. The Balaban J connectivity index is 1.27. The lowest BCUT2D eigenvalue weighted by Crippen LogP contribution is -2.15. The fraction of sp³-hybridized carbons (Fsp3) is 0.0714. The molecule has 0 aliphatic heterocycles. The lowest BCUT2D eigenvalue weighted by molar-refractivity contribution is 0.660. The van der Waals surface area contributed by atoms with E-state index in [1.165, 1.54) is 27.8 Å². The van der Waals surface area contributed by atoms with E-state index in [1.54, 1.807) is 0 Å². The lowest BCUT2D eigenvalue weighted by Gasteiger charge is -2.21. The minimum absolute atomic E-state index is 0.113. The maximum Gasteiger partial charge on any atom is 0.164 e. The molecule has 1 aliphatic carbocycles. The van der Waals surface area contributed by atoms with Gasteiger partial charge < -0.3 is 0 Å². The van der Waals surface area contributed by atoms with Crippen LogP contribution in [-0.2, 0) is 5.41 Å². The topological polar surface area (TPSA) is 38.7 Å². The second-order valence-electron chi connectivity index (χ2n) is 12.1. The quantitative estimate of drug-likeness (QED) is 0.204. The standard InChI is InChI=1S/C42H31N3/c1-42(2)37-19-10-9-18-35(37)36-25-24-34(27-38(36)42)41-44-39(31-22-20-30(21-23-31)28-12-5-3-6-13-28)43-40(45-41)33-17-11-16-32(26-33)29-14-7-4-8-15-29/h3-27H,1-2H3. The van der Waals surface area contributed by atoms with Gasteiger partial charge in [0, 0.05) is 22.1 Å². The molecule has 0 saturated heterocycles. The van der Waals surface area contributed by atoms with E-state index in [4.69, 9.17) is 15.0 Å². The summed E-state index contributed by atoms with van der Waals surface area (Å²) in [5.74, 6) is 1.98. The number of nitrogens with zero attached hydrogens (tertiary/aromatic N) is 3. The molecule has 3 nitrogen and oxygen atoms in total. The van der Waals surface area contributed by atoms with Gasteiger partial charge in [0.05, 0.1) is 0 Å². The first-order valence-electron chi connectivity index (χ1n) is 15.4. The SMILES string of the molecule is CC1(C)c2ccccc2-c2ccc(-c3nc(-c4ccc(-c5ccccc5)cc4)nc(-c4cccc(-c5ccccc5)c4)n3)cc21. The van der Waals surface area contributed by atoms with Crippen LogP contribution in [-0.4, -0.2) is 15.0 Å². The summed E-state index contributed by atoms with van der Waals surface area (Å²) in [4.78, 5) is 15.2. The van der Waals surface area contributed by atoms with E-state index in [9.17, 15) is 0 Å². The van der Waals surface area contributed by atoms with Gasteiger partial charge in [-0.25, -0.2) is 15.0 Å². The van der Waals surface area contributed by atoms with E-state index >= 15 is 0 Å². The van der Waals surface area contributed by atoms with Gasteiger partial charge in [-0.05, 0) is 56.6 Å². The summed E-state index contributed by atoms with van der Waals surface area (Å²) >= 11 is 0. The molecule has 0 radical (unpaired) electrons. The van der Waals surface area contributed by atoms with Gasteiger partial charge in [0.2, 0.25) is 0 Å². The van der Waals surface area contributed by atoms with Crippen LogP contribution in [0.2, 0.25) is 0 Å². The van der Waals surface area contributed by atoms with E-state index in [1.807, 2.05) is 12.1 Å². The highest BCUT2D eigenvalue weighted by atomic mass is 15.0. The van der Waals surface area contributed by atoms with Gasteiger partial charge >= 0.3 is 0 Å². The zero-order chi connectivity index (χ0) is 30.4. The van der Waals surface area contributed by atoms with E-state index < -0.39 is 0 Å². The number of hydrogen-bond donors (Lipinski definition) is 0. The Morgan fingerprint density at radius 3 is 1.47 bits per heavy atom. The van der Waals surface area contributed by atoms with Crippen molar-refractivity contribution in [3.05, 3.63) is 163 Å². The van der Waals surface area contributed by atoms with Gasteiger partial charge in [0.1, 0.15) is 0 Å². The fourth-order valence-corrected chi connectivity index (χ4v) is 6.52. The molecule has 1 aliphatic rings. The van der Waals surface area contributed by atoms with Crippen molar-refractivity contribution in [3.8, 4) is 67.5 Å². The van der Waals surface area contributed by atoms with Gasteiger partial charge in [-0.1, -0.05) is 153 Å². The maximum absolute atomic E-state index is 5.10. The summed E-state index contributed by atoms with van der Waals surface area (Å²) in [6, 6.07) is 53.1. The smallest absolute Gasteiger partial charge is 0.164 e. The summed E-state index contributed by atoms with van der Waals surface area (Å²) < 4.78 is 0. The van der Waals surface area contributed by atoms with Crippen LogP contribution in [0, 0.1) is 0 Å². The highest BCUT2D eigenvalue weighted by Gasteiger charge is 2.35. The van der Waals surface area contributed by atoms with Gasteiger partial charge in [-0.15, -0.1) is 0 Å². The van der Waals surface area contributed by atoms with Gasteiger partial charge in [-0.2, -0.15) is 0 Å². The van der Waals surface area contributed by atoms with Crippen LogP contribution in [0.15, 0.2) is 152 Å². The average molecular weight is 578 g/mol. The van der Waals surface area contributed by atoms with Crippen molar-refractivity contribution in [2.45, 2.75) is 19.3 Å². The summed E-state index contributed by atoms with van der Waals surface area (Å²) in [5.41, 5.74) is 12.6. The summed E-state index contributed by atoms with van der Waals surface area (Å²) in [7, 11) is 0. The summed E-state index contributed by atoms with van der Waals surface area (Å²) in [5, 5.41) is 0. The van der Waals surface area contributed by atoms with E-state index in [-0.39, 0.29) is 5.41 Å². The van der Waals surface area contributed by atoms with Gasteiger partial charge in [0.15, 0.2) is 17.5 Å². The minimum Gasteiger partial charge on any atom is -0.208 e. The number of hydrogen-bond acceptors (Lipinski definition) is 3. The zero-order valence-electron chi connectivity index (χ0n) is 25.3. The van der Waals surface area contributed by atoms with Crippen LogP contribution in [0.1, 0.15) is 25.0 Å². The van der Waals surface area contributed by atoms with Crippen molar-refractivity contribution in [2.24, 2.45) is 0 Å². The van der Waals surface area contributed by atoms with E-state index in [0.717, 1.165) is 33.4 Å². The third-order valence-corrected chi connectivity index (χ3v) is 8.96. The van der Waals surface area contributed by atoms with Crippen molar-refractivity contribution in [3.63, 3.8) is 0 Å². The Hall–Kier alpha value is -5.67. The number of fused-ring (bicyclic) bond motifs is 3. The molecule has 8 rings (SSSR count). The normalized spacial score (nSPS) is 12.8. The first-order chi connectivity index (χ1) is 22.0. The lowest BCUT2D eigenvalue weighted by atomic mass is 9.82. The number of aromatic nitrogens is 3. The van der Waals surface area contributed by atoms with Crippen LogP contribution in [0.3, 0.4) is 0 Å². The Bertz CT molecular complexity index is 2170. The summed E-state index contributed by atoms with van der Waals surface area (Å²) in [6.45, 7) is 4.60. The highest BCUT2D eigenvalue weighted by molar-refractivity contribution is 5.83. The average Bonchev–Trinajstić information content (AvgIpc) is 3.34. The first kappa shape index (κ1) is 26.9. The number of rotatable bonds is 5. The molecule has 7 aromatic rings. The Morgan fingerprint density at radius 1 is 0.333 bits per heavy atom. The molecule has 0 N–H and O–H groups in total. The first-order valence-corrected chi connectivity index (χ1v) is 15.4. The van der Waals surface area contributed by atoms with E-state index in [2.05, 4.69) is 153 Å². The second kappa shape index (κ2) is 10.8. The summed E-state index contributed by atoms with van der Waals surface area (Å²) in [6.07, 6.45) is 0. The molecule has 0 spiro atoms. The van der Waals surface area contributed by atoms with Gasteiger partial charge in [-0.3, -0.25) is 0 Å². The predicted molar refractivity (Wildman–Crippen MR) is 185 cm³/mol. The minimum atomic E-state index is -0.113. The zero-order valence-corrected chi connectivity index (χ0v) is 25.3. The molecule has 1 heterocycles. The molecule has 1 aromatic heterocycles.